The second-order valence-corrected chi connectivity index (χ2v) is 7.45. The van der Waals surface area contributed by atoms with Crippen LogP contribution in [0.25, 0.3) is 11.3 Å². The summed E-state index contributed by atoms with van der Waals surface area (Å²) in [7, 11) is 5.79. The Balaban J connectivity index is 1.99. The van der Waals surface area contributed by atoms with Gasteiger partial charge in [-0.2, -0.15) is 5.10 Å². The first-order valence-electron chi connectivity index (χ1n) is 7.90. The molecule has 3 aromatic rings. The van der Waals surface area contributed by atoms with E-state index in [1.165, 1.54) is 11.3 Å². The number of thiazole rings is 1. The number of aromatic nitrogens is 1. The summed E-state index contributed by atoms with van der Waals surface area (Å²) in [4.78, 5) is 7.17. The van der Waals surface area contributed by atoms with Crippen molar-refractivity contribution < 1.29 is 0 Å². The number of benzene rings is 2. The normalized spacial score (nSPS) is 12.1. The van der Waals surface area contributed by atoms with Gasteiger partial charge in [0.1, 0.15) is 0 Å². The van der Waals surface area contributed by atoms with Crippen LogP contribution >= 0.6 is 34.5 Å². The Hall–Kier alpha value is -2.08. The third-order valence-electron chi connectivity index (χ3n) is 3.82. The van der Waals surface area contributed by atoms with Gasteiger partial charge in [0.05, 0.1) is 22.0 Å². The van der Waals surface area contributed by atoms with Crippen LogP contribution in [0.5, 0.6) is 0 Å². The molecule has 0 fully saturated rings. The lowest BCUT2D eigenvalue weighted by molar-refractivity contribution is 0.848. The average Bonchev–Trinajstić information content (AvgIpc) is 3.05. The van der Waals surface area contributed by atoms with Gasteiger partial charge in [0, 0.05) is 37.8 Å². The summed E-state index contributed by atoms with van der Waals surface area (Å²) in [6.45, 7) is 0. The fourth-order valence-corrected chi connectivity index (χ4v) is 3.50. The summed E-state index contributed by atoms with van der Waals surface area (Å²) in [6, 6.07) is 13.7. The number of hydrogen-bond acceptors (Lipinski definition) is 4. The molecule has 0 aliphatic carbocycles. The quantitative estimate of drug-likeness (QED) is 0.562. The predicted molar refractivity (Wildman–Crippen MR) is 113 cm³/mol. The zero-order valence-electron chi connectivity index (χ0n) is 14.6. The van der Waals surface area contributed by atoms with Gasteiger partial charge in [0.25, 0.3) is 0 Å². The fourth-order valence-electron chi connectivity index (χ4n) is 2.40. The van der Waals surface area contributed by atoms with Crippen LogP contribution in [0.3, 0.4) is 0 Å². The first kappa shape index (κ1) is 18.7. The Morgan fingerprint density at radius 2 is 1.77 bits per heavy atom. The van der Waals surface area contributed by atoms with E-state index in [2.05, 4.69) is 27.1 Å². The average molecular weight is 405 g/mol. The maximum absolute atomic E-state index is 6.17. The number of halogens is 2. The van der Waals surface area contributed by atoms with Crippen LogP contribution in [0, 0.1) is 0 Å². The highest BCUT2D eigenvalue weighted by Gasteiger charge is 2.09. The SMILES string of the molecule is CN=c1scc(-c2ccc(Cl)c(Cl)c2)n1N=Cc1ccc(N(C)C)cc1. The Morgan fingerprint density at radius 3 is 2.38 bits per heavy atom. The van der Waals surface area contributed by atoms with Gasteiger partial charge in [0.2, 0.25) is 4.80 Å². The second-order valence-electron chi connectivity index (χ2n) is 5.80. The summed E-state index contributed by atoms with van der Waals surface area (Å²) < 4.78 is 1.81. The van der Waals surface area contributed by atoms with Gasteiger partial charge in [-0.05, 0) is 29.8 Å². The second kappa shape index (κ2) is 8.08. The van der Waals surface area contributed by atoms with Crippen LogP contribution in [0.1, 0.15) is 5.56 Å². The van der Waals surface area contributed by atoms with E-state index >= 15 is 0 Å². The van der Waals surface area contributed by atoms with Gasteiger partial charge >= 0.3 is 0 Å². The molecule has 0 N–H and O–H groups in total. The van der Waals surface area contributed by atoms with Crippen LogP contribution in [0.15, 0.2) is 57.9 Å². The first-order chi connectivity index (χ1) is 12.5. The Labute approximate surface area is 166 Å². The van der Waals surface area contributed by atoms with E-state index in [9.17, 15) is 0 Å². The molecular weight excluding hydrogens is 387 g/mol. The molecule has 0 amide bonds. The van der Waals surface area contributed by atoms with Gasteiger partial charge in [-0.15, -0.1) is 11.3 Å². The molecule has 0 bridgehead atoms. The molecule has 1 aromatic heterocycles. The molecule has 26 heavy (non-hydrogen) atoms. The molecule has 2 aromatic carbocycles. The van der Waals surface area contributed by atoms with Crippen molar-refractivity contribution in [1.82, 2.24) is 4.68 Å². The summed E-state index contributed by atoms with van der Waals surface area (Å²) in [5.74, 6) is 0. The van der Waals surface area contributed by atoms with E-state index in [1.807, 2.05) is 54.6 Å². The molecule has 0 saturated carbocycles. The highest BCUT2D eigenvalue weighted by atomic mass is 35.5. The summed E-state index contributed by atoms with van der Waals surface area (Å²) in [5.41, 5.74) is 4.00. The third kappa shape index (κ3) is 4.01. The van der Waals surface area contributed by atoms with Gasteiger partial charge in [-0.1, -0.05) is 41.4 Å². The number of rotatable bonds is 4. The predicted octanol–water partition coefficient (Wildman–Crippen LogP) is 5.00. The molecule has 0 unspecified atom stereocenters. The van der Waals surface area contributed by atoms with Gasteiger partial charge in [0.15, 0.2) is 0 Å². The van der Waals surface area contributed by atoms with Crippen molar-refractivity contribution >= 4 is 46.4 Å². The zero-order valence-corrected chi connectivity index (χ0v) is 17.0. The molecule has 0 aliphatic rings. The van der Waals surface area contributed by atoms with Crippen LogP contribution in [-0.4, -0.2) is 32.0 Å². The molecule has 0 saturated heterocycles. The van der Waals surface area contributed by atoms with E-state index in [4.69, 9.17) is 23.2 Å². The summed E-state index contributed by atoms with van der Waals surface area (Å²) >= 11 is 13.7. The minimum Gasteiger partial charge on any atom is -0.378 e. The van der Waals surface area contributed by atoms with E-state index in [1.54, 1.807) is 13.1 Å². The van der Waals surface area contributed by atoms with Crippen molar-refractivity contribution in [1.29, 1.82) is 0 Å². The maximum Gasteiger partial charge on any atom is 0.205 e. The zero-order chi connectivity index (χ0) is 18.7. The minimum atomic E-state index is 0.514. The minimum absolute atomic E-state index is 0.514. The fraction of sp³-hybridized carbons (Fsp3) is 0.158. The largest absolute Gasteiger partial charge is 0.378 e. The molecule has 0 radical (unpaired) electrons. The molecule has 1 heterocycles. The standard InChI is InChI=1S/C19H18Cl2N4S/c1-22-19-25(23-11-13-4-7-15(8-5-13)24(2)3)18(12-26-19)14-6-9-16(20)17(21)10-14/h4-12H,1-3H3. The molecule has 134 valence electrons. The van der Waals surface area contributed by atoms with E-state index in [0.29, 0.717) is 10.0 Å². The molecular formula is C19H18Cl2N4S. The lowest BCUT2D eigenvalue weighted by atomic mass is 10.2. The van der Waals surface area contributed by atoms with Crippen LogP contribution in [0.2, 0.25) is 10.0 Å². The Bertz CT molecular complexity index is 1000. The van der Waals surface area contributed by atoms with Gasteiger partial charge in [-0.25, -0.2) is 4.68 Å². The Kier molecular flexibility index (Phi) is 5.81. The number of nitrogens with zero attached hydrogens (tertiary/aromatic N) is 4. The van der Waals surface area contributed by atoms with E-state index in [0.717, 1.165) is 27.3 Å². The molecule has 0 spiro atoms. The van der Waals surface area contributed by atoms with Crippen molar-refractivity contribution in [3.05, 3.63) is 68.3 Å². The molecule has 4 nitrogen and oxygen atoms in total. The summed E-state index contributed by atoms with van der Waals surface area (Å²) in [5, 5.41) is 7.68. The third-order valence-corrected chi connectivity index (χ3v) is 5.47. The van der Waals surface area contributed by atoms with Crippen molar-refractivity contribution in [2.75, 3.05) is 26.0 Å². The van der Waals surface area contributed by atoms with Crippen molar-refractivity contribution in [3.8, 4) is 11.3 Å². The monoisotopic (exact) mass is 404 g/mol. The van der Waals surface area contributed by atoms with Crippen molar-refractivity contribution in [3.63, 3.8) is 0 Å². The number of hydrogen-bond donors (Lipinski definition) is 0. The highest BCUT2D eigenvalue weighted by molar-refractivity contribution is 7.07. The van der Waals surface area contributed by atoms with Crippen LogP contribution in [-0.2, 0) is 0 Å². The lowest BCUT2D eigenvalue weighted by Crippen LogP contribution is -2.11. The molecule has 0 aliphatic heterocycles. The van der Waals surface area contributed by atoms with Crippen LogP contribution < -0.4 is 9.70 Å². The van der Waals surface area contributed by atoms with Gasteiger partial charge in [-0.3, -0.25) is 4.99 Å². The highest BCUT2D eigenvalue weighted by Crippen LogP contribution is 2.28. The van der Waals surface area contributed by atoms with Gasteiger partial charge < -0.3 is 4.90 Å². The maximum atomic E-state index is 6.17. The molecule has 0 atom stereocenters. The van der Waals surface area contributed by atoms with Crippen molar-refractivity contribution in [2.45, 2.75) is 0 Å². The topological polar surface area (TPSA) is 32.9 Å². The van der Waals surface area contributed by atoms with Crippen LogP contribution in [0.4, 0.5) is 5.69 Å². The number of anilines is 1. The molecule has 7 heteroatoms. The van der Waals surface area contributed by atoms with E-state index in [-0.39, 0.29) is 0 Å². The first-order valence-corrected chi connectivity index (χ1v) is 9.53. The summed E-state index contributed by atoms with van der Waals surface area (Å²) in [6.07, 6.45) is 1.82. The van der Waals surface area contributed by atoms with Crippen molar-refractivity contribution in [2.24, 2.45) is 10.1 Å². The molecule has 3 rings (SSSR count). The lowest BCUT2D eigenvalue weighted by Gasteiger charge is -2.11. The smallest absolute Gasteiger partial charge is 0.205 e. The van der Waals surface area contributed by atoms with E-state index < -0.39 is 0 Å². The Morgan fingerprint density at radius 1 is 1.04 bits per heavy atom.